The Hall–Kier alpha value is -4.45. The molecule has 0 aliphatic carbocycles. The summed E-state index contributed by atoms with van der Waals surface area (Å²) >= 11 is 0. The van der Waals surface area contributed by atoms with Crippen molar-refractivity contribution in [2.24, 2.45) is 0 Å². The van der Waals surface area contributed by atoms with Crippen molar-refractivity contribution in [1.82, 2.24) is 0 Å². The van der Waals surface area contributed by atoms with Crippen LogP contribution in [0.3, 0.4) is 0 Å². The summed E-state index contributed by atoms with van der Waals surface area (Å²) in [6.07, 6.45) is 96.0. The van der Waals surface area contributed by atoms with Crippen molar-refractivity contribution >= 4 is 17.9 Å². The van der Waals surface area contributed by atoms with E-state index < -0.39 is 6.10 Å². The van der Waals surface area contributed by atoms with Crippen molar-refractivity contribution in [2.45, 2.75) is 309 Å². The Bertz CT molecular complexity index is 1720. The second-order valence-corrected chi connectivity index (χ2v) is 22.0. The molecule has 460 valence electrons. The van der Waals surface area contributed by atoms with Gasteiger partial charge in [0, 0.05) is 19.3 Å². The molecule has 1 atom stereocenters. The third-order valence-corrected chi connectivity index (χ3v) is 14.2. The topological polar surface area (TPSA) is 78.9 Å². The summed E-state index contributed by atoms with van der Waals surface area (Å²) in [6, 6.07) is 0. The van der Waals surface area contributed by atoms with Gasteiger partial charge in [0.25, 0.3) is 0 Å². The molecule has 81 heavy (non-hydrogen) atoms. The van der Waals surface area contributed by atoms with E-state index >= 15 is 0 Å². The maximum absolute atomic E-state index is 12.9. The Kier molecular flexibility index (Phi) is 64.3. The molecule has 0 aromatic rings. The zero-order chi connectivity index (χ0) is 58.5. The summed E-state index contributed by atoms with van der Waals surface area (Å²) in [7, 11) is 0. The maximum Gasteiger partial charge on any atom is 0.306 e. The van der Waals surface area contributed by atoms with Gasteiger partial charge in [-0.2, -0.15) is 0 Å². The van der Waals surface area contributed by atoms with Crippen LogP contribution in [-0.4, -0.2) is 37.2 Å². The molecular weight excluding hydrogens is 997 g/mol. The van der Waals surface area contributed by atoms with Gasteiger partial charge in [-0.05, 0) is 116 Å². The molecule has 0 bridgehead atoms. The summed E-state index contributed by atoms with van der Waals surface area (Å²) in [5.41, 5.74) is 0. The highest BCUT2D eigenvalue weighted by molar-refractivity contribution is 5.71. The SMILES string of the molecule is CC/C=C\C/C=C\C/C=C\C/C=C\C/C=C\C/C=C\C/C=C\CCCCCCCCCC(=O)OCC(COC(=O)CCCCCCCCCCCCCCCCC)OC(=O)CCCCCCCC/C=C\C/C=C\C/C=C\C/C=C\CC. The molecule has 0 aliphatic rings. The van der Waals surface area contributed by atoms with E-state index in [1.54, 1.807) is 0 Å². The van der Waals surface area contributed by atoms with Gasteiger partial charge < -0.3 is 14.2 Å². The van der Waals surface area contributed by atoms with E-state index in [2.05, 4.69) is 154 Å². The van der Waals surface area contributed by atoms with E-state index in [1.165, 1.54) is 116 Å². The first-order valence-electron chi connectivity index (χ1n) is 33.7. The number of carbonyl (C=O) groups excluding carboxylic acids is 3. The summed E-state index contributed by atoms with van der Waals surface area (Å²) in [4.78, 5) is 38.4. The largest absolute Gasteiger partial charge is 0.462 e. The van der Waals surface area contributed by atoms with Crippen LogP contribution in [-0.2, 0) is 28.6 Å². The number of hydrogen-bond acceptors (Lipinski definition) is 6. The molecule has 0 fully saturated rings. The zero-order valence-corrected chi connectivity index (χ0v) is 52.8. The predicted molar refractivity (Wildman–Crippen MR) is 353 cm³/mol. The molecule has 0 radical (unpaired) electrons. The van der Waals surface area contributed by atoms with Crippen molar-refractivity contribution in [3.8, 4) is 0 Å². The molecule has 0 amide bonds. The van der Waals surface area contributed by atoms with Crippen LogP contribution in [0.25, 0.3) is 0 Å². The monoisotopic (exact) mass is 1120 g/mol. The lowest BCUT2D eigenvalue weighted by molar-refractivity contribution is -0.167. The van der Waals surface area contributed by atoms with Crippen LogP contribution < -0.4 is 0 Å². The number of allylic oxidation sites excluding steroid dienone is 22. The highest BCUT2D eigenvalue weighted by Crippen LogP contribution is 2.16. The average molecular weight is 1120 g/mol. The van der Waals surface area contributed by atoms with Crippen LogP contribution in [0, 0.1) is 0 Å². The molecule has 0 N–H and O–H groups in total. The molecule has 1 unspecified atom stereocenters. The van der Waals surface area contributed by atoms with E-state index in [4.69, 9.17) is 14.2 Å². The molecule has 6 heteroatoms. The Labute approximate surface area is 500 Å². The molecule has 0 aromatic heterocycles. The van der Waals surface area contributed by atoms with Crippen LogP contribution in [0.2, 0.25) is 0 Å². The van der Waals surface area contributed by atoms with Crippen LogP contribution in [0.4, 0.5) is 0 Å². The highest BCUT2D eigenvalue weighted by atomic mass is 16.6. The fourth-order valence-electron chi connectivity index (χ4n) is 9.18. The van der Waals surface area contributed by atoms with Gasteiger partial charge in [-0.3, -0.25) is 14.4 Å². The number of ether oxygens (including phenoxy) is 3. The fraction of sp³-hybridized carbons (Fsp3) is 0.667. The normalized spacial score (nSPS) is 13.0. The lowest BCUT2D eigenvalue weighted by atomic mass is 10.0. The second-order valence-electron chi connectivity index (χ2n) is 22.0. The van der Waals surface area contributed by atoms with Crippen LogP contribution >= 0.6 is 0 Å². The van der Waals surface area contributed by atoms with Crippen molar-refractivity contribution in [1.29, 1.82) is 0 Å². The smallest absolute Gasteiger partial charge is 0.306 e. The minimum Gasteiger partial charge on any atom is -0.462 e. The van der Waals surface area contributed by atoms with Gasteiger partial charge in [-0.25, -0.2) is 0 Å². The van der Waals surface area contributed by atoms with Crippen molar-refractivity contribution in [3.05, 3.63) is 134 Å². The van der Waals surface area contributed by atoms with Gasteiger partial charge in [0.15, 0.2) is 6.10 Å². The number of esters is 3. The quantitative estimate of drug-likeness (QED) is 0.0261. The minimum atomic E-state index is -0.795. The first-order valence-corrected chi connectivity index (χ1v) is 33.7. The first kappa shape index (κ1) is 76.5. The Morgan fingerprint density at radius 3 is 0.753 bits per heavy atom. The maximum atomic E-state index is 12.9. The lowest BCUT2D eigenvalue weighted by Gasteiger charge is -2.18. The molecule has 6 nitrogen and oxygen atoms in total. The van der Waals surface area contributed by atoms with Gasteiger partial charge in [0.1, 0.15) is 13.2 Å². The summed E-state index contributed by atoms with van der Waals surface area (Å²) in [5.74, 6) is -0.906. The summed E-state index contributed by atoms with van der Waals surface area (Å²) < 4.78 is 16.9. The molecule has 0 rings (SSSR count). The number of carbonyl (C=O) groups is 3. The molecule has 0 saturated heterocycles. The molecule has 0 aromatic carbocycles. The third kappa shape index (κ3) is 66.2. The van der Waals surface area contributed by atoms with Gasteiger partial charge in [-0.1, -0.05) is 302 Å². The number of rotatable bonds is 60. The van der Waals surface area contributed by atoms with Gasteiger partial charge in [0.05, 0.1) is 0 Å². The van der Waals surface area contributed by atoms with E-state index in [9.17, 15) is 14.4 Å². The van der Waals surface area contributed by atoms with Crippen LogP contribution in [0.1, 0.15) is 303 Å². The number of hydrogen-bond donors (Lipinski definition) is 0. The lowest BCUT2D eigenvalue weighted by Crippen LogP contribution is -2.30. The fourth-order valence-corrected chi connectivity index (χ4v) is 9.18. The van der Waals surface area contributed by atoms with Crippen LogP contribution in [0.15, 0.2) is 134 Å². The Morgan fingerprint density at radius 2 is 0.481 bits per heavy atom. The van der Waals surface area contributed by atoms with Gasteiger partial charge >= 0.3 is 17.9 Å². The summed E-state index contributed by atoms with van der Waals surface area (Å²) in [5, 5.41) is 0. The van der Waals surface area contributed by atoms with E-state index in [0.717, 1.165) is 148 Å². The second kappa shape index (κ2) is 68.1. The molecule has 0 saturated carbocycles. The summed E-state index contributed by atoms with van der Waals surface area (Å²) in [6.45, 7) is 6.42. The van der Waals surface area contributed by atoms with Gasteiger partial charge in [-0.15, -0.1) is 0 Å². The van der Waals surface area contributed by atoms with Gasteiger partial charge in [0.2, 0.25) is 0 Å². The van der Waals surface area contributed by atoms with Crippen LogP contribution in [0.5, 0.6) is 0 Å². The van der Waals surface area contributed by atoms with Crippen molar-refractivity contribution in [3.63, 3.8) is 0 Å². The highest BCUT2D eigenvalue weighted by Gasteiger charge is 2.19. The Balaban J connectivity index is 4.39. The Morgan fingerprint density at radius 1 is 0.259 bits per heavy atom. The van der Waals surface area contributed by atoms with Crippen molar-refractivity contribution in [2.75, 3.05) is 13.2 Å². The molecule has 0 aliphatic heterocycles. The third-order valence-electron chi connectivity index (χ3n) is 14.2. The van der Waals surface area contributed by atoms with E-state index in [1.807, 2.05) is 0 Å². The minimum absolute atomic E-state index is 0.0882. The van der Waals surface area contributed by atoms with E-state index in [-0.39, 0.29) is 31.1 Å². The number of unbranched alkanes of at least 4 members (excludes halogenated alkanes) is 27. The molecular formula is C75H124O6. The predicted octanol–water partition coefficient (Wildman–Crippen LogP) is 23.3. The average Bonchev–Trinajstić information content (AvgIpc) is 3.47. The van der Waals surface area contributed by atoms with E-state index in [0.29, 0.717) is 19.3 Å². The van der Waals surface area contributed by atoms with Crippen molar-refractivity contribution < 1.29 is 28.6 Å². The zero-order valence-electron chi connectivity index (χ0n) is 52.8. The standard InChI is InChI=1S/C75H124O6/c1-4-7-10-13-16-19-22-25-28-30-32-33-34-35-36-37-38-39-40-41-43-44-47-50-53-56-59-62-65-68-74(77)80-71-72(70-79-73(76)67-64-61-58-55-52-49-46-27-24-21-18-15-12-9-6-3)81-75(78)69-66-63-60-57-54-51-48-45-42-31-29-26-23-20-17-14-11-8-5-2/h7-8,10-11,16-17,19-20,25-26,28-29,32-33,35-36,38-39,41-43,45,72H,4-6,9,12-15,18,21-24,27,30-31,34,37,40,44,46-71H2,1-3H3/b10-7-,11-8-,19-16-,20-17-,28-25-,29-26-,33-32-,36-35-,39-38-,43-41-,45-42-. The molecule has 0 spiro atoms. The first-order chi connectivity index (χ1) is 40.0. The molecule has 0 heterocycles.